The van der Waals surface area contributed by atoms with Gasteiger partial charge in [0.25, 0.3) is 0 Å². The van der Waals surface area contributed by atoms with Gasteiger partial charge in [-0.3, -0.25) is 4.79 Å². The van der Waals surface area contributed by atoms with Crippen molar-refractivity contribution in [2.45, 2.75) is 45.4 Å². The van der Waals surface area contributed by atoms with Crippen LogP contribution in [0.25, 0.3) is 0 Å². The average Bonchev–Trinajstić information content (AvgIpc) is 2.32. The Kier molecular flexibility index (Phi) is 6.71. The highest BCUT2D eigenvalue weighted by atomic mass is 35.5. The van der Waals surface area contributed by atoms with E-state index in [-0.39, 0.29) is 5.97 Å². The first-order valence-electron chi connectivity index (χ1n) is 6.18. The van der Waals surface area contributed by atoms with E-state index >= 15 is 0 Å². The molecule has 0 spiro atoms. The van der Waals surface area contributed by atoms with Crippen LogP contribution >= 0.6 is 11.6 Å². The summed E-state index contributed by atoms with van der Waals surface area (Å²) >= 11 is 5.74. The molecule has 0 N–H and O–H groups in total. The molecular formula is C14H19ClO2. The molecule has 94 valence electrons. The largest absolute Gasteiger partial charge is 0.427 e. The van der Waals surface area contributed by atoms with Gasteiger partial charge in [0, 0.05) is 11.4 Å². The maximum absolute atomic E-state index is 11.5. The lowest BCUT2D eigenvalue weighted by Crippen LogP contribution is -2.07. The first-order chi connectivity index (χ1) is 8.22. The van der Waals surface area contributed by atoms with E-state index < -0.39 is 0 Å². The fourth-order valence-electron chi connectivity index (χ4n) is 1.56. The molecule has 0 amide bonds. The van der Waals surface area contributed by atoms with Crippen molar-refractivity contribution in [2.24, 2.45) is 0 Å². The molecule has 0 aromatic heterocycles. The molecule has 0 aliphatic rings. The van der Waals surface area contributed by atoms with Crippen LogP contribution in [0.2, 0.25) is 5.02 Å². The van der Waals surface area contributed by atoms with Gasteiger partial charge in [-0.1, -0.05) is 44.2 Å². The molecule has 0 radical (unpaired) electrons. The van der Waals surface area contributed by atoms with E-state index in [4.69, 9.17) is 16.3 Å². The Balaban J connectivity index is 2.18. The summed E-state index contributed by atoms with van der Waals surface area (Å²) < 4.78 is 5.18. The summed E-state index contributed by atoms with van der Waals surface area (Å²) in [6.45, 7) is 2.18. The molecule has 0 saturated carbocycles. The molecule has 0 atom stereocenters. The maximum atomic E-state index is 11.5. The number of hydrogen-bond acceptors (Lipinski definition) is 2. The van der Waals surface area contributed by atoms with E-state index in [1.54, 1.807) is 24.3 Å². The molecular weight excluding hydrogens is 236 g/mol. The molecule has 3 heteroatoms. The quantitative estimate of drug-likeness (QED) is 0.404. The Hall–Kier alpha value is -1.02. The topological polar surface area (TPSA) is 26.3 Å². The SMILES string of the molecule is CCCCCCCC(=O)Oc1ccc(Cl)cc1. The highest BCUT2D eigenvalue weighted by Gasteiger charge is 2.04. The second-order valence-corrected chi connectivity index (χ2v) is 4.53. The molecule has 0 aliphatic carbocycles. The van der Waals surface area contributed by atoms with Crippen molar-refractivity contribution in [2.75, 3.05) is 0 Å². The minimum Gasteiger partial charge on any atom is -0.427 e. The average molecular weight is 255 g/mol. The van der Waals surface area contributed by atoms with Crippen LogP contribution in [0.3, 0.4) is 0 Å². The van der Waals surface area contributed by atoms with Crippen LogP contribution in [0.1, 0.15) is 45.4 Å². The van der Waals surface area contributed by atoms with Crippen LogP contribution < -0.4 is 4.74 Å². The molecule has 2 nitrogen and oxygen atoms in total. The number of hydrogen-bond donors (Lipinski definition) is 0. The molecule has 0 bridgehead atoms. The van der Waals surface area contributed by atoms with Crippen LogP contribution in [0.15, 0.2) is 24.3 Å². The molecule has 1 rings (SSSR count). The second-order valence-electron chi connectivity index (χ2n) is 4.09. The van der Waals surface area contributed by atoms with Crippen molar-refractivity contribution in [3.05, 3.63) is 29.3 Å². The van der Waals surface area contributed by atoms with Crippen molar-refractivity contribution >= 4 is 17.6 Å². The second kappa shape index (κ2) is 8.13. The molecule has 0 aliphatic heterocycles. The van der Waals surface area contributed by atoms with Crippen LogP contribution in [0, 0.1) is 0 Å². The number of carbonyl (C=O) groups excluding carboxylic acids is 1. The Morgan fingerprint density at radius 1 is 1.12 bits per heavy atom. The van der Waals surface area contributed by atoms with Gasteiger partial charge in [0.2, 0.25) is 0 Å². The molecule has 1 aromatic carbocycles. The highest BCUT2D eigenvalue weighted by Crippen LogP contribution is 2.16. The number of esters is 1. The van der Waals surface area contributed by atoms with Crippen molar-refractivity contribution in [3.63, 3.8) is 0 Å². The van der Waals surface area contributed by atoms with Crippen LogP contribution in [0.4, 0.5) is 0 Å². The lowest BCUT2D eigenvalue weighted by atomic mass is 10.1. The first kappa shape index (κ1) is 14.0. The summed E-state index contributed by atoms with van der Waals surface area (Å²) in [6.07, 6.45) is 6.16. The molecule has 0 fully saturated rings. The molecule has 0 unspecified atom stereocenters. The summed E-state index contributed by atoms with van der Waals surface area (Å²) in [5, 5.41) is 0.643. The molecule has 17 heavy (non-hydrogen) atoms. The van der Waals surface area contributed by atoms with Crippen molar-refractivity contribution in [1.29, 1.82) is 0 Å². The fraction of sp³-hybridized carbons (Fsp3) is 0.500. The number of ether oxygens (including phenoxy) is 1. The monoisotopic (exact) mass is 254 g/mol. The zero-order valence-electron chi connectivity index (χ0n) is 10.2. The predicted octanol–water partition coefficient (Wildman–Crippen LogP) is 4.61. The molecule has 1 aromatic rings. The third-order valence-electron chi connectivity index (χ3n) is 2.53. The smallest absolute Gasteiger partial charge is 0.311 e. The first-order valence-corrected chi connectivity index (χ1v) is 6.56. The van der Waals surface area contributed by atoms with E-state index in [0.717, 1.165) is 12.8 Å². The zero-order valence-corrected chi connectivity index (χ0v) is 11.0. The van der Waals surface area contributed by atoms with Crippen LogP contribution in [-0.4, -0.2) is 5.97 Å². The fourth-order valence-corrected chi connectivity index (χ4v) is 1.68. The minimum absolute atomic E-state index is 0.163. The van der Waals surface area contributed by atoms with Gasteiger partial charge in [-0.2, -0.15) is 0 Å². The van der Waals surface area contributed by atoms with Crippen molar-refractivity contribution < 1.29 is 9.53 Å². The summed E-state index contributed by atoms with van der Waals surface area (Å²) in [5.74, 6) is 0.400. The van der Waals surface area contributed by atoms with E-state index in [9.17, 15) is 4.79 Å². The number of unbranched alkanes of at least 4 members (excludes halogenated alkanes) is 4. The lowest BCUT2D eigenvalue weighted by Gasteiger charge is -2.04. The van der Waals surface area contributed by atoms with E-state index in [2.05, 4.69) is 6.92 Å². The third-order valence-corrected chi connectivity index (χ3v) is 2.78. The zero-order chi connectivity index (χ0) is 12.5. The maximum Gasteiger partial charge on any atom is 0.311 e. The van der Waals surface area contributed by atoms with Crippen LogP contribution in [-0.2, 0) is 4.79 Å². The van der Waals surface area contributed by atoms with Gasteiger partial charge in [-0.25, -0.2) is 0 Å². The number of halogens is 1. The van der Waals surface area contributed by atoms with Gasteiger partial charge in [-0.15, -0.1) is 0 Å². The highest BCUT2D eigenvalue weighted by molar-refractivity contribution is 6.30. The molecule has 0 saturated heterocycles. The normalized spacial score (nSPS) is 10.2. The Morgan fingerprint density at radius 3 is 2.41 bits per heavy atom. The van der Waals surface area contributed by atoms with Gasteiger partial charge in [0.15, 0.2) is 0 Å². The van der Waals surface area contributed by atoms with E-state index in [1.807, 2.05) is 0 Å². The minimum atomic E-state index is -0.163. The summed E-state index contributed by atoms with van der Waals surface area (Å²) in [6, 6.07) is 6.84. The summed E-state index contributed by atoms with van der Waals surface area (Å²) in [7, 11) is 0. The molecule has 0 heterocycles. The van der Waals surface area contributed by atoms with Gasteiger partial charge >= 0.3 is 5.97 Å². The van der Waals surface area contributed by atoms with Gasteiger partial charge in [-0.05, 0) is 30.7 Å². The van der Waals surface area contributed by atoms with E-state index in [1.165, 1.54) is 19.3 Å². The third kappa shape index (κ3) is 6.32. The van der Waals surface area contributed by atoms with Gasteiger partial charge in [0.1, 0.15) is 5.75 Å². The number of carbonyl (C=O) groups is 1. The van der Waals surface area contributed by atoms with Gasteiger partial charge < -0.3 is 4.74 Å². The summed E-state index contributed by atoms with van der Waals surface area (Å²) in [5.41, 5.74) is 0. The number of benzene rings is 1. The Morgan fingerprint density at radius 2 is 1.76 bits per heavy atom. The van der Waals surface area contributed by atoms with E-state index in [0.29, 0.717) is 17.2 Å². The van der Waals surface area contributed by atoms with Crippen molar-refractivity contribution in [3.8, 4) is 5.75 Å². The summed E-state index contributed by atoms with van der Waals surface area (Å²) in [4.78, 5) is 11.5. The number of rotatable bonds is 7. The standard InChI is InChI=1S/C14H19ClO2/c1-2-3-4-5-6-7-14(16)17-13-10-8-12(15)9-11-13/h8-11H,2-7H2,1H3. The van der Waals surface area contributed by atoms with Crippen molar-refractivity contribution in [1.82, 2.24) is 0 Å². The Bertz CT molecular complexity index is 333. The lowest BCUT2D eigenvalue weighted by molar-refractivity contribution is -0.134. The van der Waals surface area contributed by atoms with Crippen LogP contribution in [0.5, 0.6) is 5.75 Å². The Labute approximate surface area is 108 Å². The van der Waals surface area contributed by atoms with Gasteiger partial charge in [0.05, 0.1) is 0 Å². The predicted molar refractivity (Wildman–Crippen MR) is 70.5 cm³/mol.